The summed E-state index contributed by atoms with van der Waals surface area (Å²) in [5.74, 6) is -0.322. The standard InChI is InChI=1S/C18H23F3N2O/c1-11(12-3-2-4-13(8-12)18(19,20)21)7-17(24)23-16-9-14-5-6-15(10-16)22-14/h2-4,8,11,14-16,22H,5-7,9-10H2,1H3,(H,23,24). The first-order valence-corrected chi connectivity index (χ1v) is 8.54. The van der Waals surface area contributed by atoms with Crippen LogP contribution in [0.15, 0.2) is 24.3 Å². The van der Waals surface area contributed by atoms with Gasteiger partial charge in [-0.15, -0.1) is 0 Å². The van der Waals surface area contributed by atoms with Crippen molar-refractivity contribution in [3.05, 3.63) is 35.4 Å². The van der Waals surface area contributed by atoms with Crippen LogP contribution in [0.5, 0.6) is 0 Å². The summed E-state index contributed by atoms with van der Waals surface area (Å²) in [4.78, 5) is 12.3. The topological polar surface area (TPSA) is 41.1 Å². The van der Waals surface area contributed by atoms with E-state index < -0.39 is 11.7 Å². The minimum absolute atomic E-state index is 0.0776. The van der Waals surface area contributed by atoms with Crippen molar-refractivity contribution < 1.29 is 18.0 Å². The zero-order chi connectivity index (χ0) is 17.3. The Kier molecular flexibility index (Phi) is 4.85. The van der Waals surface area contributed by atoms with Crippen molar-refractivity contribution in [3.63, 3.8) is 0 Å². The van der Waals surface area contributed by atoms with Crippen LogP contribution in [-0.2, 0) is 11.0 Å². The van der Waals surface area contributed by atoms with Crippen molar-refractivity contribution >= 4 is 5.91 Å². The molecule has 3 rings (SSSR count). The Labute approximate surface area is 140 Å². The number of piperidine rings is 1. The quantitative estimate of drug-likeness (QED) is 0.879. The second-order valence-electron chi connectivity index (χ2n) is 7.10. The molecule has 2 bridgehead atoms. The van der Waals surface area contributed by atoms with Gasteiger partial charge in [0, 0.05) is 24.5 Å². The van der Waals surface area contributed by atoms with Gasteiger partial charge in [0.25, 0.3) is 0 Å². The van der Waals surface area contributed by atoms with Crippen molar-refractivity contribution in [3.8, 4) is 0 Å². The summed E-state index contributed by atoms with van der Waals surface area (Å²) < 4.78 is 38.4. The average molecular weight is 340 g/mol. The lowest BCUT2D eigenvalue weighted by molar-refractivity contribution is -0.137. The van der Waals surface area contributed by atoms with E-state index in [-0.39, 0.29) is 24.3 Å². The van der Waals surface area contributed by atoms with Crippen molar-refractivity contribution in [2.24, 2.45) is 0 Å². The van der Waals surface area contributed by atoms with Gasteiger partial charge in [-0.1, -0.05) is 25.1 Å². The van der Waals surface area contributed by atoms with E-state index in [4.69, 9.17) is 0 Å². The fraction of sp³-hybridized carbons (Fsp3) is 0.611. The van der Waals surface area contributed by atoms with E-state index in [1.54, 1.807) is 13.0 Å². The van der Waals surface area contributed by atoms with Crippen LogP contribution in [0.2, 0.25) is 0 Å². The smallest absolute Gasteiger partial charge is 0.353 e. The molecule has 1 aromatic carbocycles. The number of nitrogens with one attached hydrogen (secondary N) is 2. The van der Waals surface area contributed by atoms with E-state index in [0.717, 1.165) is 37.8 Å². The van der Waals surface area contributed by atoms with Gasteiger partial charge in [0.2, 0.25) is 5.91 Å². The second kappa shape index (κ2) is 6.75. The lowest BCUT2D eigenvalue weighted by Gasteiger charge is -2.30. The molecule has 2 aliphatic rings. The summed E-state index contributed by atoms with van der Waals surface area (Å²) >= 11 is 0. The molecular formula is C18H23F3N2O. The molecule has 0 spiro atoms. The van der Waals surface area contributed by atoms with E-state index in [9.17, 15) is 18.0 Å². The van der Waals surface area contributed by atoms with Crippen LogP contribution in [0, 0.1) is 0 Å². The first kappa shape index (κ1) is 17.3. The zero-order valence-electron chi connectivity index (χ0n) is 13.7. The average Bonchev–Trinajstić information content (AvgIpc) is 2.85. The Morgan fingerprint density at radius 3 is 2.58 bits per heavy atom. The Morgan fingerprint density at radius 1 is 1.29 bits per heavy atom. The number of hydrogen-bond acceptors (Lipinski definition) is 2. The molecule has 0 aliphatic carbocycles. The van der Waals surface area contributed by atoms with Crippen LogP contribution in [0.1, 0.15) is 56.1 Å². The van der Waals surface area contributed by atoms with Crippen LogP contribution < -0.4 is 10.6 Å². The largest absolute Gasteiger partial charge is 0.416 e. The van der Waals surface area contributed by atoms with E-state index in [2.05, 4.69) is 10.6 Å². The number of benzene rings is 1. The molecule has 2 heterocycles. The van der Waals surface area contributed by atoms with E-state index >= 15 is 0 Å². The summed E-state index contributed by atoms with van der Waals surface area (Å²) in [7, 11) is 0. The van der Waals surface area contributed by atoms with Gasteiger partial charge in [-0.3, -0.25) is 4.79 Å². The molecule has 0 aromatic heterocycles. The first-order chi connectivity index (χ1) is 11.3. The van der Waals surface area contributed by atoms with Gasteiger partial charge in [0.05, 0.1) is 5.56 Å². The molecule has 0 radical (unpaired) electrons. The number of rotatable bonds is 4. The van der Waals surface area contributed by atoms with Gasteiger partial charge in [-0.05, 0) is 43.2 Å². The van der Waals surface area contributed by atoms with E-state index in [1.807, 2.05) is 0 Å². The highest BCUT2D eigenvalue weighted by Gasteiger charge is 2.34. The summed E-state index contributed by atoms with van der Waals surface area (Å²) in [5.41, 5.74) is -0.118. The Bertz CT molecular complexity index is 590. The highest BCUT2D eigenvalue weighted by atomic mass is 19.4. The molecule has 3 nitrogen and oxygen atoms in total. The highest BCUT2D eigenvalue weighted by Crippen LogP contribution is 2.32. The summed E-state index contributed by atoms with van der Waals surface area (Å²) in [6, 6.07) is 6.42. The number of carbonyl (C=O) groups excluding carboxylic acids is 1. The van der Waals surface area contributed by atoms with E-state index in [0.29, 0.717) is 17.6 Å². The third-order valence-electron chi connectivity index (χ3n) is 5.11. The van der Waals surface area contributed by atoms with Gasteiger partial charge < -0.3 is 10.6 Å². The molecule has 2 N–H and O–H groups in total. The number of hydrogen-bond donors (Lipinski definition) is 2. The molecule has 2 aliphatic heterocycles. The minimum atomic E-state index is -4.35. The van der Waals surface area contributed by atoms with Crippen molar-refractivity contribution in [1.29, 1.82) is 0 Å². The van der Waals surface area contributed by atoms with Gasteiger partial charge in [-0.25, -0.2) is 0 Å². The maximum Gasteiger partial charge on any atom is 0.416 e. The van der Waals surface area contributed by atoms with Crippen molar-refractivity contribution in [2.45, 2.75) is 69.2 Å². The van der Waals surface area contributed by atoms with Crippen LogP contribution in [0.3, 0.4) is 0 Å². The molecule has 3 unspecified atom stereocenters. The molecule has 3 atom stereocenters. The van der Waals surface area contributed by atoms with Gasteiger partial charge >= 0.3 is 6.18 Å². The predicted molar refractivity (Wildman–Crippen MR) is 85.6 cm³/mol. The third-order valence-corrected chi connectivity index (χ3v) is 5.11. The summed E-state index contributed by atoms with van der Waals surface area (Å²) in [6.07, 6.45) is 0.0721. The van der Waals surface area contributed by atoms with Crippen LogP contribution in [-0.4, -0.2) is 24.0 Å². The van der Waals surface area contributed by atoms with Gasteiger partial charge in [0.15, 0.2) is 0 Å². The minimum Gasteiger partial charge on any atom is -0.353 e. The SMILES string of the molecule is CC(CC(=O)NC1CC2CCC(C1)N2)c1cccc(C(F)(F)F)c1. The molecule has 0 saturated carbocycles. The molecule has 2 saturated heterocycles. The first-order valence-electron chi connectivity index (χ1n) is 8.54. The maximum absolute atomic E-state index is 12.8. The predicted octanol–water partition coefficient (Wildman–Crippen LogP) is 3.60. The second-order valence-corrected chi connectivity index (χ2v) is 7.10. The number of carbonyl (C=O) groups is 1. The lowest BCUT2D eigenvalue weighted by atomic mass is 9.94. The van der Waals surface area contributed by atoms with Crippen LogP contribution in [0.4, 0.5) is 13.2 Å². The molecule has 2 fully saturated rings. The molecule has 1 aromatic rings. The number of fused-ring (bicyclic) bond motifs is 2. The molecular weight excluding hydrogens is 317 g/mol. The highest BCUT2D eigenvalue weighted by molar-refractivity contribution is 5.77. The normalized spacial score (nSPS) is 27.8. The Hall–Kier alpha value is -1.56. The van der Waals surface area contributed by atoms with Gasteiger partial charge in [0.1, 0.15) is 0 Å². The fourth-order valence-corrected chi connectivity index (χ4v) is 3.88. The Balaban J connectivity index is 1.56. The van der Waals surface area contributed by atoms with Crippen LogP contribution in [0.25, 0.3) is 0 Å². The molecule has 6 heteroatoms. The number of amides is 1. The molecule has 132 valence electrons. The monoisotopic (exact) mass is 340 g/mol. The van der Waals surface area contributed by atoms with Crippen LogP contribution >= 0.6 is 0 Å². The lowest BCUT2D eigenvalue weighted by Crippen LogP contribution is -2.48. The summed E-state index contributed by atoms with van der Waals surface area (Å²) in [6.45, 7) is 1.79. The Morgan fingerprint density at radius 2 is 1.96 bits per heavy atom. The molecule has 24 heavy (non-hydrogen) atoms. The van der Waals surface area contributed by atoms with Crippen molar-refractivity contribution in [1.82, 2.24) is 10.6 Å². The fourth-order valence-electron chi connectivity index (χ4n) is 3.88. The van der Waals surface area contributed by atoms with E-state index in [1.165, 1.54) is 6.07 Å². The summed E-state index contributed by atoms with van der Waals surface area (Å²) in [5, 5.41) is 6.59. The maximum atomic E-state index is 12.8. The molecule has 1 amide bonds. The third kappa shape index (κ3) is 4.09. The zero-order valence-corrected chi connectivity index (χ0v) is 13.7. The van der Waals surface area contributed by atoms with Crippen molar-refractivity contribution in [2.75, 3.05) is 0 Å². The van der Waals surface area contributed by atoms with Gasteiger partial charge in [-0.2, -0.15) is 13.2 Å². The number of alkyl halides is 3. The number of halogens is 3.